The summed E-state index contributed by atoms with van der Waals surface area (Å²) < 4.78 is 17.0. The Hall–Kier alpha value is -1.31. The Morgan fingerprint density at radius 2 is 1.86 bits per heavy atom. The molecule has 0 amide bonds. The van der Waals surface area contributed by atoms with Crippen LogP contribution in [0, 0.1) is 0 Å². The Morgan fingerprint density at radius 1 is 1.14 bits per heavy atom. The van der Waals surface area contributed by atoms with E-state index >= 15 is 0 Å². The fourth-order valence-corrected chi connectivity index (χ4v) is 3.41. The number of hydrogen-bond acceptors (Lipinski definition) is 6. The van der Waals surface area contributed by atoms with E-state index in [9.17, 15) is 4.79 Å². The van der Waals surface area contributed by atoms with Crippen molar-refractivity contribution >= 4 is 34.1 Å². The predicted octanol–water partition coefficient (Wildman–Crippen LogP) is 1.99. The smallest absolute Gasteiger partial charge is 0.173 e. The third kappa shape index (κ3) is 3.71. The summed E-state index contributed by atoms with van der Waals surface area (Å²) in [7, 11) is 0. The summed E-state index contributed by atoms with van der Waals surface area (Å²) in [6, 6.07) is 5.30. The molecule has 2 aliphatic heterocycles. The molecule has 2 aliphatic rings. The number of rotatable bonds is 3. The van der Waals surface area contributed by atoms with E-state index in [-0.39, 0.29) is 5.78 Å². The third-order valence-electron chi connectivity index (χ3n) is 3.46. The predicted molar refractivity (Wildman–Crippen MR) is 89.2 cm³/mol. The number of Topliss-reactive ketones (excluding diaryl/α,β-unsaturated/α-hetero) is 1. The van der Waals surface area contributed by atoms with Gasteiger partial charge in [-0.05, 0) is 18.2 Å². The number of morpholine rings is 1. The lowest BCUT2D eigenvalue weighted by Gasteiger charge is -2.28. The Labute approximate surface area is 138 Å². The van der Waals surface area contributed by atoms with Gasteiger partial charge in [-0.3, -0.25) is 4.79 Å². The number of thiocarbonyl (C=S) groups is 1. The first kappa shape index (κ1) is 15.6. The summed E-state index contributed by atoms with van der Waals surface area (Å²) in [5.74, 6) is 1.70. The zero-order valence-electron chi connectivity index (χ0n) is 12.1. The Morgan fingerprint density at radius 3 is 2.64 bits per heavy atom. The van der Waals surface area contributed by atoms with Crippen molar-refractivity contribution in [1.29, 1.82) is 0 Å². The van der Waals surface area contributed by atoms with Gasteiger partial charge in [0.05, 0.1) is 19.0 Å². The van der Waals surface area contributed by atoms with E-state index in [0.717, 1.165) is 17.4 Å². The summed E-state index contributed by atoms with van der Waals surface area (Å²) in [5.41, 5.74) is 0.626. The van der Waals surface area contributed by atoms with E-state index in [1.807, 2.05) is 0 Å². The maximum Gasteiger partial charge on any atom is 0.173 e. The highest BCUT2D eigenvalue weighted by Crippen LogP contribution is 2.31. The summed E-state index contributed by atoms with van der Waals surface area (Å²) in [6.07, 6.45) is 0. The third-order valence-corrected chi connectivity index (χ3v) is 4.98. The number of carbonyl (C=O) groups is 1. The summed E-state index contributed by atoms with van der Waals surface area (Å²) in [4.78, 5) is 14.4. The van der Waals surface area contributed by atoms with Gasteiger partial charge in [-0.2, -0.15) is 0 Å². The quantitative estimate of drug-likeness (QED) is 0.616. The lowest BCUT2D eigenvalue weighted by Crippen LogP contribution is -2.38. The molecule has 3 rings (SSSR count). The molecule has 1 aromatic rings. The van der Waals surface area contributed by atoms with E-state index in [1.165, 1.54) is 11.8 Å². The molecular formula is C15H17NO4S2. The maximum absolute atomic E-state index is 12.3. The van der Waals surface area contributed by atoms with Gasteiger partial charge in [-0.15, -0.1) is 0 Å². The van der Waals surface area contributed by atoms with E-state index in [0.29, 0.717) is 49.2 Å². The van der Waals surface area contributed by atoms with Crippen LogP contribution in [-0.2, 0) is 4.74 Å². The van der Waals surface area contributed by atoms with E-state index in [4.69, 9.17) is 26.4 Å². The standard InChI is InChI=1S/C15H17NO4S2/c17-12(10-22-15(21)16-3-5-18-6-4-16)11-1-2-13-14(9-11)20-8-7-19-13/h1-2,9H,3-8,10H2. The van der Waals surface area contributed by atoms with Gasteiger partial charge in [-0.1, -0.05) is 24.0 Å². The van der Waals surface area contributed by atoms with Crippen LogP contribution in [0.2, 0.25) is 0 Å². The van der Waals surface area contributed by atoms with Crippen LogP contribution < -0.4 is 9.47 Å². The van der Waals surface area contributed by atoms with E-state index in [2.05, 4.69) is 4.90 Å². The molecule has 0 N–H and O–H groups in total. The van der Waals surface area contributed by atoms with Gasteiger partial charge in [0.25, 0.3) is 0 Å². The molecule has 0 unspecified atom stereocenters. The van der Waals surface area contributed by atoms with Crippen LogP contribution in [0.5, 0.6) is 11.5 Å². The molecule has 0 radical (unpaired) electrons. The number of carbonyl (C=O) groups excluding carboxylic acids is 1. The van der Waals surface area contributed by atoms with Crippen molar-refractivity contribution in [2.45, 2.75) is 0 Å². The zero-order chi connectivity index (χ0) is 15.4. The topological polar surface area (TPSA) is 48.0 Å². The van der Waals surface area contributed by atoms with Crippen LogP contribution in [0.1, 0.15) is 10.4 Å². The molecule has 0 atom stereocenters. The number of nitrogens with zero attached hydrogens (tertiary/aromatic N) is 1. The number of fused-ring (bicyclic) bond motifs is 1. The zero-order valence-corrected chi connectivity index (χ0v) is 13.7. The van der Waals surface area contributed by atoms with Gasteiger partial charge in [0.15, 0.2) is 17.3 Å². The fourth-order valence-electron chi connectivity index (χ4n) is 2.26. The first-order chi connectivity index (χ1) is 10.7. The van der Waals surface area contributed by atoms with E-state index < -0.39 is 0 Å². The minimum Gasteiger partial charge on any atom is -0.486 e. The molecule has 1 saturated heterocycles. The van der Waals surface area contributed by atoms with Crippen LogP contribution in [0.4, 0.5) is 0 Å². The average Bonchev–Trinajstić information content (AvgIpc) is 2.59. The molecule has 1 aromatic carbocycles. The van der Waals surface area contributed by atoms with Crippen LogP contribution in [0.3, 0.4) is 0 Å². The van der Waals surface area contributed by atoms with Crippen LogP contribution in [0.25, 0.3) is 0 Å². The lowest BCUT2D eigenvalue weighted by atomic mass is 10.1. The molecule has 7 heteroatoms. The van der Waals surface area contributed by atoms with Gasteiger partial charge >= 0.3 is 0 Å². The average molecular weight is 339 g/mol. The summed E-state index contributed by atoms with van der Waals surface area (Å²) in [5, 5.41) is 0. The summed E-state index contributed by atoms with van der Waals surface area (Å²) >= 11 is 6.78. The minimum atomic E-state index is 0.0394. The van der Waals surface area contributed by atoms with Gasteiger partial charge < -0.3 is 19.1 Å². The molecular weight excluding hydrogens is 322 g/mol. The molecule has 0 aliphatic carbocycles. The first-order valence-electron chi connectivity index (χ1n) is 7.16. The highest BCUT2D eigenvalue weighted by Gasteiger charge is 2.18. The van der Waals surface area contributed by atoms with Crippen molar-refractivity contribution in [3.8, 4) is 11.5 Å². The monoisotopic (exact) mass is 339 g/mol. The van der Waals surface area contributed by atoms with Crippen molar-refractivity contribution in [3.05, 3.63) is 23.8 Å². The van der Waals surface area contributed by atoms with Crippen LogP contribution in [0.15, 0.2) is 18.2 Å². The first-order valence-corrected chi connectivity index (χ1v) is 8.56. The Kier molecular flexibility index (Phi) is 5.17. The second-order valence-corrected chi connectivity index (χ2v) is 6.54. The van der Waals surface area contributed by atoms with Gasteiger partial charge in [-0.25, -0.2) is 0 Å². The highest BCUT2D eigenvalue weighted by atomic mass is 32.2. The lowest BCUT2D eigenvalue weighted by molar-refractivity contribution is 0.0702. The van der Waals surface area contributed by atoms with Crippen LogP contribution >= 0.6 is 24.0 Å². The number of benzene rings is 1. The van der Waals surface area contributed by atoms with Crippen molar-refractivity contribution in [2.75, 3.05) is 45.3 Å². The molecule has 1 fully saturated rings. The number of ketones is 1. The number of ether oxygens (including phenoxy) is 3. The molecule has 2 heterocycles. The van der Waals surface area contributed by atoms with Crippen molar-refractivity contribution in [3.63, 3.8) is 0 Å². The van der Waals surface area contributed by atoms with Crippen molar-refractivity contribution < 1.29 is 19.0 Å². The largest absolute Gasteiger partial charge is 0.486 e. The van der Waals surface area contributed by atoms with Crippen LogP contribution in [-0.4, -0.2) is 60.3 Å². The SMILES string of the molecule is O=C(CSC(=S)N1CCOCC1)c1ccc2c(c1)OCCO2. The molecule has 0 spiro atoms. The Balaban J connectivity index is 1.56. The molecule has 0 aromatic heterocycles. The van der Waals surface area contributed by atoms with Gasteiger partial charge in [0.1, 0.15) is 17.5 Å². The molecule has 0 bridgehead atoms. The molecule has 5 nitrogen and oxygen atoms in total. The highest BCUT2D eigenvalue weighted by molar-refractivity contribution is 8.23. The number of hydrogen-bond donors (Lipinski definition) is 0. The van der Waals surface area contributed by atoms with Crippen molar-refractivity contribution in [1.82, 2.24) is 4.90 Å². The maximum atomic E-state index is 12.3. The molecule has 118 valence electrons. The second-order valence-electron chi connectivity index (χ2n) is 4.94. The molecule has 22 heavy (non-hydrogen) atoms. The summed E-state index contributed by atoms with van der Waals surface area (Å²) in [6.45, 7) is 4.03. The number of thioether (sulfide) groups is 1. The molecule has 0 saturated carbocycles. The van der Waals surface area contributed by atoms with Gasteiger partial charge in [0.2, 0.25) is 0 Å². The van der Waals surface area contributed by atoms with Crippen molar-refractivity contribution in [2.24, 2.45) is 0 Å². The van der Waals surface area contributed by atoms with E-state index in [1.54, 1.807) is 18.2 Å². The normalized spacial score (nSPS) is 17.2. The Bertz CT molecular complexity index is 573. The minimum absolute atomic E-state index is 0.0394. The van der Waals surface area contributed by atoms with Gasteiger partial charge in [0, 0.05) is 18.7 Å². The fraction of sp³-hybridized carbons (Fsp3) is 0.467. The second kappa shape index (κ2) is 7.30.